The van der Waals surface area contributed by atoms with Gasteiger partial charge in [-0.25, -0.2) is 9.97 Å². The van der Waals surface area contributed by atoms with Gasteiger partial charge in [0.15, 0.2) is 5.65 Å². The molecule has 0 fully saturated rings. The van der Waals surface area contributed by atoms with E-state index in [2.05, 4.69) is 20.4 Å². The van der Waals surface area contributed by atoms with Gasteiger partial charge in [0.1, 0.15) is 17.4 Å². The molecule has 0 saturated heterocycles. The van der Waals surface area contributed by atoms with Crippen LogP contribution in [0.25, 0.3) is 11.0 Å². The Morgan fingerprint density at radius 1 is 1.24 bits per heavy atom. The molecular weight excluding hydrogens is 286 g/mol. The molecule has 0 aliphatic heterocycles. The molecule has 0 atom stereocenters. The molecular formula is C14H15N5OS. The Morgan fingerprint density at radius 2 is 2.00 bits per heavy atom. The second kappa shape index (κ2) is 5.61. The van der Waals surface area contributed by atoms with E-state index >= 15 is 0 Å². The number of fused-ring (bicyclic) bond motifs is 1. The molecule has 0 aliphatic carbocycles. The number of hydrogen-bond donors (Lipinski definition) is 2. The maximum Gasteiger partial charge on any atom is 0.163 e. The molecule has 0 amide bonds. The molecule has 1 aromatic carbocycles. The predicted molar refractivity (Wildman–Crippen MR) is 83.5 cm³/mol. The van der Waals surface area contributed by atoms with E-state index in [-0.39, 0.29) is 5.75 Å². The lowest BCUT2D eigenvalue weighted by atomic mass is 10.3. The van der Waals surface area contributed by atoms with Gasteiger partial charge in [0.25, 0.3) is 0 Å². The zero-order valence-corrected chi connectivity index (χ0v) is 12.6. The summed E-state index contributed by atoms with van der Waals surface area (Å²) in [5.74, 6) is 2.45. The van der Waals surface area contributed by atoms with Crippen LogP contribution in [0.4, 0.5) is 5.82 Å². The maximum absolute atomic E-state index is 9.28. The first-order chi connectivity index (χ1) is 10.2. The second-order valence-corrected chi connectivity index (χ2v) is 5.58. The SMILES string of the molecule is CNc1nc(CSc2ccc(O)cc2)nc2c1cnn2C. The van der Waals surface area contributed by atoms with Crippen molar-refractivity contribution in [2.24, 2.45) is 7.05 Å². The average molecular weight is 301 g/mol. The van der Waals surface area contributed by atoms with Gasteiger partial charge in [-0.05, 0) is 24.3 Å². The van der Waals surface area contributed by atoms with Gasteiger partial charge in [-0.1, -0.05) is 0 Å². The number of thioether (sulfide) groups is 1. The van der Waals surface area contributed by atoms with Crippen LogP contribution in [0.3, 0.4) is 0 Å². The van der Waals surface area contributed by atoms with Crippen LogP contribution in [0, 0.1) is 0 Å². The molecule has 7 heteroatoms. The zero-order chi connectivity index (χ0) is 14.8. The van der Waals surface area contributed by atoms with Gasteiger partial charge in [0, 0.05) is 19.0 Å². The Labute approximate surface area is 126 Å². The summed E-state index contributed by atoms with van der Waals surface area (Å²) in [7, 11) is 3.71. The van der Waals surface area contributed by atoms with Crippen molar-refractivity contribution in [3.05, 3.63) is 36.3 Å². The number of rotatable bonds is 4. The number of benzene rings is 1. The lowest BCUT2D eigenvalue weighted by Crippen LogP contribution is -2.02. The topological polar surface area (TPSA) is 75.9 Å². The predicted octanol–water partition coefficient (Wildman–Crippen LogP) is 2.40. The van der Waals surface area contributed by atoms with E-state index in [0.717, 1.165) is 27.6 Å². The number of anilines is 1. The molecule has 108 valence electrons. The molecule has 2 heterocycles. The minimum Gasteiger partial charge on any atom is -0.508 e. The first kappa shape index (κ1) is 13.7. The number of aromatic hydroxyl groups is 1. The lowest BCUT2D eigenvalue weighted by molar-refractivity contribution is 0.475. The quantitative estimate of drug-likeness (QED) is 0.721. The summed E-state index contributed by atoms with van der Waals surface area (Å²) in [6, 6.07) is 7.10. The molecule has 21 heavy (non-hydrogen) atoms. The van der Waals surface area contributed by atoms with Crippen molar-refractivity contribution in [3.8, 4) is 5.75 Å². The largest absolute Gasteiger partial charge is 0.508 e. The van der Waals surface area contributed by atoms with Crippen molar-refractivity contribution < 1.29 is 5.11 Å². The highest BCUT2D eigenvalue weighted by molar-refractivity contribution is 7.98. The van der Waals surface area contributed by atoms with E-state index < -0.39 is 0 Å². The number of nitrogens with one attached hydrogen (secondary N) is 1. The standard InChI is InChI=1S/C14H15N5OS/c1-15-13-11-7-16-19(2)14(11)18-12(17-13)8-21-10-5-3-9(20)4-6-10/h3-7,20H,8H2,1-2H3,(H,15,17,18). The van der Waals surface area contributed by atoms with E-state index in [4.69, 9.17) is 0 Å². The van der Waals surface area contributed by atoms with Gasteiger partial charge < -0.3 is 10.4 Å². The third kappa shape index (κ3) is 2.78. The highest BCUT2D eigenvalue weighted by Gasteiger charge is 2.10. The fourth-order valence-corrected chi connectivity index (χ4v) is 2.77. The monoisotopic (exact) mass is 301 g/mol. The summed E-state index contributed by atoms with van der Waals surface area (Å²) >= 11 is 1.62. The molecule has 0 unspecified atom stereocenters. The van der Waals surface area contributed by atoms with Crippen LogP contribution in [0.1, 0.15) is 5.82 Å². The van der Waals surface area contributed by atoms with E-state index in [9.17, 15) is 5.11 Å². The molecule has 0 saturated carbocycles. The lowest BCUT2D eigenvalue weighted by Gasteiger charge is -2.06. The van der Waals surface area contributed by atoms with Crippen molar-refractivity contribution in [3.63, 3.8) is 0 Å². The van der Waals surface area contributed by atoms with Crippen LogP contribution in [-0.2, 0) is 12.8 Å². The normalized spacial score (nSPS) is 11.0. The molecule has 6 nitrogen and oxygen atoms in total. The van der Waals surface area contributed by atoms with Gasteiger partial charge in [-0.15, -0.1) is 11.8 Å². The van der Waals surface area contributed by atoms with Gasteiger partial charge in [0.2, 0.25) is 0 Å². The Balaban J connectivity index is 1.86. The molecule has 0 aliphatic rings. The summed E-state index contributed by atoms with van der Waals surface area (Å²) in [5, 5.41) is 17.5. The van der Waals surface area contributed by atoms with Gasteiger partial charge >= 0.3 is 0 Å². The number of phenolic OH excluding ortho intramolecular Hbond substituents is 1. The van der Waals surface area contributed by atoms with E-state index in [1.807, 2.05) is 26.2 Å². The van der Waals surface area contributed by atoms with Crippen LogP contribution >= 0.6 is 11.8 Å². The Morgan fingerprint density at radius 3 is 2.71 bits per heavy atom. The number of phenols is 1. The molecule has 3 aromatic rings. The molecule has 3 rings (SSSR count). The summed E-state index contributed by atoms with van der Waals surface area (Å²) < 4.78 is 1.74. The van der Waals surface area contributed by atoms with E-state index in [1.165, 1.54) is 0 Å². The maximum atomic E-state index is 9.28. The minimum atomic E-state index is 0.268. The summed E-state index contributed by atoms with van der Waals surface area (Å²) in [5.41, 5.74) is 0.815. The first-order valence-electron chi connectivity index (χ1n) is 6.45. The van der Waals surface area contributed by atoms with Crippen molar-refractivity contribution in [1.82, 2.24) is 19.7 Å². The molecule has 0 spiro atoms. The average Bonchev–Trinajstić information content (AvgIpc) is 2.87. The van der Waals surface area contributed by atoms with Crippen LogP contribution < -0.4 is 5.32 Å². The van der Waals surface area contributed by atoms with Crippen molar-refractivity contribution in [1.29, 1.82) is 0 Å². The Hall–Kier alpha value is -2.28. The van der Waals surface area contributed by atoms with Crippen molar-refractivity contribution in [2.45, 2.75) is 10.6 Å². The first-order valence-corrected chi connectivity index (χ1v) is 7.44. The number of hydrogen-bond acceptors (Lipinski definition) is 6. The number of nitrogens with zero attached hydrogens (tertiary/aromatic N) is 4. The third-order valence-electron chi connectivity index (χ3n) is 3.08. The zero-order valence-electron chi connectivity index (χ0n) is 11.7. The number of aromatic nitrogens is 4. The summed E-state index contributed by atoms with van der Waals surface area (Å²) in [6.45, 7) is 0. The van der Waals surface area contributed by atoms with Crippen molar-refractivity contribution >= 4 is 28.6 Å². The Kier molecular flexibility index (Phi) is 3.66. The third-order valence-corrected chi connectivity index (χ3v) is 4.09. The number of aryl methyl sites for hydroxylation is 1. The highest BCUT2D eigenvalue weighted by Crippen LogP contribution is 2.25. The van der Waals surface area contributed by atoms with E-state index in [1.54, 1.807) is 34.8 Å². The molecule has 0 radical (unpaired) electrons. The fourth-order valence-electron chi connectivity index (χ4n) is 2.01. The van der Waals surface area contributed by atoms with Gasteiger partial charge in [0.05, 0.1) is 17.3 Å². The van der Waals surface area contributed by atoms with E-state index in [0.29, 0.717) is 5.75 Å². The smallest absolute Gasteiger partial charge is 0.163 e. The minimum absolute atomic E-state index is 0.268. The molecule has 0 bridgehead atoms. The second-order valence-electron chi connectivity index (χ2n) is 4.53. The summed E-state index contributed by atoms with van der Waals surface area (Å²) in [6.07, 6.45) is 1.76. The summed E-state index contributed by atoms with van der Waals surface area (Å²) in [4.78, 5) is 10.1. The van der Waals surface area contributed by atoms with Gasteiger partial charge in [-0.2, -0.15) is 5.10 Å². The fraction of sp³-hybridized carbons (Fsp3) is 0.214. The van der Waals surface area contributed by atoms with Crippen LogP contribution in [0.5, 0.6) is 5.75 Å². The molecule has 2 N–H and O–H groups in total. The van der Waals surface area contributed by atoms with Crippen LogP contribution in [0.15, 0.2) is 35.4 Å². The molecule has 2 aromatic heterocycles. The van der Waals surface area contributed by atoms with Crippen molar-refractivity contribution in [2.75, 3.05) is 12.4 Å². The Bertz CT molecular complexity index is 769. The van der Waals surface area contributed by atoms with Crippen LogP contribution in [0.2, 0.25) is 0 Å². The van der Waals surface area contributed by atoms with Crippen LogP contribution in [-0.4, -0.2) is 31.9 Å². The van der Waals surface area contributed by atoms with Gasteiger partial charge in [-0.3, -0.25) is 4.68 Å². The highest BCUT2D eigenvalue weighted by atomic mass is 32.2.